The molecule has 4 rings (SSSR count). The van der Waals surface area contributed by atoms with Crippen LogP contribution >= 0.6 is 15.9 Å². The smallest absolute Gasteiger partial charge is 0.232 e. The molecule has 0 N–H and O–H groups in total. The van der Waals surface area contributed by atoms with Crippen molar-refractivity contribution in [3.05, 3.63) is 81.7 Å². The fraction of sp³-hybridized carbons (Fsp3) is 0.280. The van der Waals surface area contributed by atoms with Crippen molar-refractivity contribution in [1.29, 1.82) is 0 Å². The summed E-state index contributed by atoms with van der Waals surface area (Å²) in [5, 5.41) is 0. The summed E-state index contributed by atoms with van der Waals surface area (Å²) < 4.78 is 15.4. The molecular formula is C25H23BrFNO2. The Morgan fingerprint density at radius 3 is 2.53 bits per heavy atom. The van der Waals surface area contributed by atoms with E-state index in [2.05, 4.69) is 15.9 Å². The third-order valence-corrected chi connectivity index (χ3v) is 6.15. The van der Waals surface area contributed by atoms with E-state index in [4.69, 9.17) is 0 Å². The molecule has 1 aliphatic carbocycles. The molecule has 0 bridgehead atoms. The Bertz CT molecular complexity index is 1070. The summed E-state index contributed by atoms with van der Waals surface area (Å²) in [4.78, 5) is 27.8. The Hall–Kier alpha value is -2.53. The van der Waals surface area contributed by atoms with Gasteiger partial charge in [0, 0.05) is 34.5 Å². The molecule has 1 atom stereocenters. The maximum absolute atomic E-state index is 14.8. The second-order valence-electron chi connectivity index (χ2n) is 8.71. The van der Waals surface area contributed by atoms with Crippen molar-refractivity contribution >= 4 is 39.4 Å². The van der Waals surface area contributed by atoms with Crippen LogP contribution in [0.5, 0.6) is 0 Å². The zero-order valence-corrected chi connectivity index (χ0v) is 18.6. The highest BCUT2D eigenvalue weighted by atomic mass is 79.9. The average molecular weight is 468 g/mol. The fourth-order valence-electron chi connectivity index (χ4n) is 4.35. The highest BCUT2D eigenvalue weighted by Crippen LogP contribution is 2.46. The Kier molecular flexibility index (Phi) is 5.49. The first-order chi connectivity index (χ1) is 14.2. The van der Waals surface area contributed by atoms with Crippen molar-refractivity contribution in [2.45, 2.75) is 33.1 Å². The second kappa shape index (κ2) is 7.95. The van der Waals surface area contributed by atoms with Crippen LogP contribution in [0.2, 0.25) is 0 Å². The molecule has 2 aromatic carbocycles. The van der Waals surface area contributed by atoms with E-state index >= 15 is 0 Å². The molecule has 2 aromatic rings. The molecule has 0 saturated heterocycles. The van der Waals surface area contributed by atoms with Crippen LogP contribution in [0.4, 0.5) is 10.1 Å². The quantitative estimate of drug-likeness (QED) is 0.531. The number of amides is 1. The Morgan fingerprint density at radius 2 is 1.83 bits per heavy atom. The van der Waals surface area contributed by atoms with Crippen LogP contribution in [0.1, 0.15) is 38.7 Å². The molecule has 0 spiro atoms. The van der Waals surface area contributed by atoms with Crippen molar-refractivity contribution in [2.24, 2.45) is 11.3 Å². The van der Waals surface area contributed by atoms with Crippen molar-refractivity contribution in [2.75, 3.05) is 4.90 Å². The molecule has 1 amide bonds. The predicted molar refractivity (Wildman–Crippen MR) is 120 cm³/mol. The second-order valence-corrected chi connectivity index (χ2v) is 9.62. The van der Waals surface area contributed by atoms with E-state index in [0.29, 0.717) is 28.6 Å². The molecule has 1 aliphatic heterocycles. The van der Waals surface area contributed by atoms with Gasteiger partial charge in [0.25, 0.3) is 0 Å². The number of anilines is 1. The number of carbonyl (C=O) groups excluding carboxylic acids is 2. The van der Waals surface area contributed by atoms with Gasteiger partial charge in [-0.05, 0) is 35.6 Å². The van der Waals surface area contributed by atoms with Gasteiger partial charge in [-0.1, -0.05) is 72.3 Å². The number of halogens is 2. The van der Waals surface area contributed by atoms with Crippen LogP contribution < -0.4 is 4.90 Å². The molecule has 0 aromatic heterocycles. The van der Waals surface area contributed by atoms with Crippen LogP contribution in [0.15, 0.2) is 70.3 Å². The van der Waals surface area contributed by atoms with Crippen molar-refractivity contribution < 1.29 is 14.0 Å². The number of Topliss-reactive ketones (excluding diaryl/α,β-unsaturated/α-hetero) is 1. The summed E-state index contributed by atoms with van der Waals surface area (Å²) in [6.45, 7) is 4.03. The number of carbonyl (C=O) groups is 2. The Balaban J connectivity index is 1.82. The summed E-state index contributed by atoms with van der Waals surface area (Å²) in [5.74, 6) is -0.938. The molecule has 1 heterocycles. The fourth-order valence-corrected chi connectivity index (χ4v) is 4.69. The summed E-state index contributed by atoms with van der Waals surface area (Å²) in [7, 11) is 0. The van der Waals surface area contributed by atoms with Gasteiger partial charge in [0.15, 0.2) is 5.78 Å². The predicted octanol–water partition coefficient (Wildman–Crippen LogP) is 6.30. The van der Waals surface area contributed by atoms with Crippen LogP contribution in [0.3, 0.4) is 0 Å². The van der Waals surface area contributed by atoms with Gasteiger partial charge < -0.3 is 0 Å². The van der Waals surface area contributed by atoms with Crippen molar-refractivity contribution in [3.8, 4) is 0 Å². The van der Waals surface area contributed by atoms with E-state index in [1.807, 2.05) is 56.3 Å². The van der Waals surface area contributed by atoms with Gasteiger partial charge in [-0.25, -0.2) is 4.39 Å². The number of hydrogen-bond acceptors (Lipinski definition) is 2. The van der Waals surface area contributed by atoms with Gasteiger partial charge in [-0.3, -0.25) is 14.5 Å². The van der Waals surface area contributed by atoms with Gasteiger partial charge in [-0.15, -0.1) is 0 Å². The standard InChI is InChI=1S/C25H23BrFNO2/c1-25(2)14-21-24(22(29)15-25)17(9-8-16-6-4-3-5-7-16)12-23(30)28(21)20-11-10-18(26)13-19(20)27/h3-11,13,17H,12,14-15H2,1-2H3/b9-8+. The number of allylic oxidation sites excluding steroid dienone is 3. The third kappa shape index (κ3) is 4.04. The lowest BCUT2D eigenvalue weighted by Crippen LogP contribution is -2.44. The first-order valence-electron chi connectivity index (χ1n) is 10.0. The van der Waals surface area contributed by atoms with Gasteiger partial charge in [0.2, 0.25) is 5.91 Å². The molecule has 0 saturated carbocycles. The zero-order chi connectivity index (χ0) is 21.5. The van der Waals surface area contributed by atoms with Gasteiger partial charge in [0.05, 0.1) is 5.69 Å². The van der Waals surface area contributed by atoms with E-state index in [0.717, 1.165) is 5.56 Å². The lowest BCUT2D eigenvalue weighted by molar-refractivity contribution is -0.121. The van der Waals surface area contributed by atoms with Crippen LogP contribution in [0, 0.1) is 17.2 Å². The summed E-state index contributed by atoms with van der Waals surface area (Å²) >= 11 is 3.27. The van der Waals surface area contributed by atoms with E-state index in [1.54, 1.807) is 12.1 Å². The molecule has 2 aliphatic rings. The number of rotatable bonds is 3. The molecule has 1 unspecified atom stereocenters. The molecular weight excluding hydrogens is 445 g/mol. The third-order valence-electron chi connectivity index (χ3n) is 5.65. The summed E-state index contributed by atoms with van der Waals surface area (Å²) in [6, 6.07) is 14.4. The largest absolute Gasteiger partial charge is 0.294 e. The number of benzene rings is 2. The minimum absolute atomic E-state index is 0.0407. The SMILES string of the molecule is CC1(C)CC(=O)C2=C(C1)N(c1ccc(Br)cc1F)C(=O)CC2/C=C/c1ccccc1. The number of ketones is 1. The van der Waals surface area contributed by atoms with Crippen LogP contribution in [-0.4, -0.2) is 11.7 Å². The molecule has 0 radical (unpaired) electrons. The van der Waals surface area contributed by atoms with Crippen LogP contribution in [-0.2, 0) is 9.59 Å². The Labute approximate surface area is 184 Å². The lowest BCUT2D eigenvalue weighted by Gasteiger charge is -2.42. The Morgan fingerprint density at radius 1 is 1.10 bits per heavy atom. The molecule has 154 valence electrons. The molecule has 5 heteroatoms. The first-order valence-corrected chi connectivity index (χ1v) is 10.8. The average Bonchev–Trinajstić information content (AvgIpc) is 2.67. The minimum atomic E-state index is -0.487. The maximum atomic E-state index is 14.8. The molecule has 0 fully saturated rings. The van der Waals surface area contributed by atoms with E-state index in [9.17, 15) is 14.0 Å². The van der Waals surface area contributed by atoms with Crippen molar-refractivity contribution in [3.63, 3.8) is 0 Å². The van der Waals surface area contributed by atoms with E-state index < -0.39 is 5.82 Å². The number of hydrogen-bond donors (Lipinski definition) is 0. The molecule has 3 nitrogen and oxygen atoms in total. The highest BCUT2D eigenvalue weighted by Gasteiger charge is 2.43. The zero-order valence-electron chi connectivity index (χ0n) is 17.0. The minimum Gasteiger partial charge on any atom is -0.294 e. The summed E-state index contributed by atoms with van der Waals surface area (Å²) in [5.41, 5.74) is 2.20. The normalized spacial score (nSPS) is 21.3. The van der Waals surface area contributed by atoms with E-state index in [1.165, 1.54) is 11.0 Å². The first kappa shape index (κ1) is 20.7. The van der Waals surface area contributed by atoms with Gasteiger partial charge in [-0.2, -0.15) is 0 Å². The topological polar surface area (TPSA) is 37.4 Å². The van der Waals surface area contributed by atoms with Crippen LogP contribution in [0.25, 0.3) is 6.08 Å². The van der Waals surface area contributed by atoms with Gasteiger partial charge >= 0.3 is 0 Å². The van der Waals surface area contributed by atoms with Gasteiger partial charge in [0.1, 0.15) is 5.82 Å². The van der Waals surface area contributed by atoms with E-state index in [-0.39, 0.29) is 35.1 Å². The monoisotopic (exact) mass is 467 g/mol. The maximum Gasteiger partial charge on any atom is 0.232 e. The highest BCUT2D eigenvalue weighted by molar-refractivity contribution is 9.10. The number of nitrogens with zero attached hydrogens (tertiary/aromatic N) is 1. The lowest BCUT2D eigenvalue weighted by atomic mass is 9.70. The molecule has 30 heavy (non-hydrogen) atoms. The van der Waals surface area contributed by atoms with Crippen molar-refractivity contribution in [1.82, 2.24) is 0 Å². The summed E-state index contributed by atoms with van der Waals surface area (Å²) in [6.07, 6.45) is 5.00.